The first kappa shape index (κ1) is 67.5. The Morgan fingerprint density at radius 3 is 0.986 bits per heavy atom. The molecule has 0 aliphatic rings. The number of hydrogen-bond donors (Lipinski definition) is 3. The third kappa shape index (κ3) is 57.3. The van der Waals surface area contributed by atoms with Crippen LogP contribution in [0.5, 0.6) is 0 Å². The number of carbonyl (C=O) groups is 1. The maximum Gasteiger partial charge on any atom is 0.220 e. The van der Waals surface area contributed by atoms with Gasteiger partial charge in [0, 0.05) is 6.42 Å². The summed E-state index contributed by atoms with van der Waals surface area (Å²) >= 11 is 0. The van der Waals surface area contributed by atoms with Crippen molar-refractivity contribution < 1.29 is 15.0 Å². The molecular weight excluding hydrogens is 867 g/mol. The Labute approximate surface area is 441 Å². The van der Waals surface area contributed by atoms with Crippen LogP contribution in [0.4, 0.5) is 0 Å². The summed E-state index contributed by atoms with van der Waals surface area (Å²) in [6.07, 6.45) is 94.8. The molecule has 0 spiro atoms. The molecule has 71 heavy (non-hydrogen) atoms. The molecule has 0 aromatic carbocycles. The Kier molecular flexibility index (Phi) is 57.9. The highest BCUT2D eigenvalue weighted by molar-refractivity contribution is 5.76. The number of rotatable bonds is 53. The average Bonchev–Trinajstić information content (AvgIpc) is 3.37. The minimum absolute atomic E-state index is 0.0788. The molecule has 3 N–H and O–H groups in total. The van der Waals surface area contributed by atoms with Crippen LogP contribution in [0.1, 0.15) is 264 Å². The van der Waals surface area contributed by atoms with Gasteiger partial charge in [0.15, 0.2) is 0 Å². The van der Waals surface area contributed by atoms with Gasteiger partial charge in [-0.25, -0.2) is 0 Å². The topological polar surface area (TPSA) is 69.6 Å². The molecule has 2 unspecified atom stereocenters. The maximum atomic E-state index is 12.5. The van der Waals surface area contributed by atoms with Crippen LogP contribution in [-0.4, -0.2) is 34.9 Å². The van der Waals surface area contributed by atoms with Gasteiger partial charge >= 0.3 is 0 Å². The number of allylic oxidation sites excluding steroid dienone is 21. The molecule has 4 nitrogen and oxygen atoms in total. The fourth-order valence-electron chi connectivity index (χ4n) is 8.36. The quantitative estimate of drug-likeness (QED) is 0.0420. The predicted molar refractivity (Wildman–Crippen MR) is 317 cm³/mol. The van der Waals surface area contributed by atoms with Gasteiger partial charge in [-0.15, -0.1) is 0 Å². The van der Waals surface area contributed by atoms with Crippen molar-refractivity contribution in [3.8, 4) is 0 Å². The van der Waals surface area contributed by atoms with Crippen molar-refractivity contribution in [3.63, 3.8) is 0 Å². The first-order chi connectivity index (χ1) is 35.2. The van der Waals surface area contributed by atoms with Crippen molar-refractivity contribution in [3.05, 3.63) is 134 Å². The summed E-state index contributed by atoms with van der Waals surface area (Å²) in [6.45, 7) is 4.18. The zero-order chi connectivity index (χ0) is 51.3. The van der Waals surface area contributed by atoms with Gasteiger partial charge in [0.05, 0.1) is 18.8 Å². The second-order valence-electron chi connectivity index (χ2n) is 19.7. The molecule has 2 atom stereocenters. The number of nitrogens with one attached hydrogen (secondary N) is 1. The lowest BCUT2D eigenvalue weighted by Gasteiger charge is -2.19. The van der Waals surface area contributed by atoms with Crippen LogP contribution < -0.4 is 5.32 Å². The summed E-state index contributed by atoms with van der Waals surface area (Å²) < 4.78 is 0. The molecule has 404 valence electrons. The Balaban J connectivity index is 3.59. The summed E-state index contributed by atoms with van der Waals surface area (Å²) in [4.78, 5) is 12.5. The largest absolute Gasteiger partial charge is 0.394 e. The van der Waals surface area contributed by atoms with E-state index >= 15 is 0 Å². The van der Waals surface area contributed by atoms with Crippen LogP contribution in [-0.2, 0) is 4.79 Å². The van der Waals surface area contributed by atoms with Crippen molar-refractivity contribution in [2.45, 2.75) is 276 Å². The molecule has 0 saturated carbocycles. The lowest BCUT2D eigenvalue weighted by Crippen LogP contribution is -2.45. The summed E-state index contributed by atoms with van der Waals surface area (Å²) in [7, 11) is 0. The van der Waals surface area contributed by atoms with Crippen molar-refractivity contribution in [2.24, 2.45) is 0 Å². The molecule has 0 fully saturated rings. The summed E-state index contributed by atoms with van der Waals surface area (Å²) in [5.41, 5.74) is 0. The average molecular weight is 981 g/mol. The SMILES string of the molecule is CC/C=C\C/C=C\C/C=C\C/C=C\C/C=C\C/C=C\C/C=C\C/C=C\C/C=C\CCCCCCCCCCCCCCCC(=O)NC(CO)C(O)/C=C/CC/C=C/CCCCCCCCCCCCCC. The Morgan fingerprint density at radius 2 is 0.634 bits per heavy atom. The van der Waals surface area contributed by atoms with Gasteiger partial charge in [-0.3, -0.25) is 4.79 Å². The van der Waals surface area contributed by atoms with E-state index in [1.807, 2.05) is 6.08 Å². The third-order valence-electron chi connectivity index (χ3n) is 12.9. The number of hydrogen-bond acceptors (Lipinski definition) is 3. The Hall–Kier alpha value is -3.47. The van der Waals surface area contributed by atoms with Crippen molar-refractivity contribution in [1.82, 2.24) is 5.32 Å². The predicted octanol–water partition coefficient (Wildman–Crippen LogP) is 20.2. The Morgan fingerprint density at radius 1 is 0.352 bits per heavy atom. The van der Waals surface area contributed by atoms with Gasteiger partial charge in [0.25, 0.3) is 0 Å². The monoisotopic (exact) mass is 980 g/mol. The molecule has 0 saturated heterocycles. The lowest BCUT2D eigenvalue weighted by molar-refractivity contribution is -0.123. The van der Waals surface area contributed by atoms with Crippen molar-refractivity contribution >= 4 is 5.91 Å². The van der Waals surface area contributed by atoms with Crippen LogP contribution in [0.25, 0.3) is 0 Å². The molecule has 0 bridgehead atoms. The molecule has 0 aromatic rings. The third-order valence-corrected chi connectivity index (χ3v) is 12.9. The molecule has 0 radical (unpaired) electrons. The van der Waals surface area contributed by atoms with E-state index in [4.69, 9.17) is 0 Å². The molecule has 0 aromatic heterocycles. The van der Waals surface area contributed by atoms with E-state index in [9.17, 15) is 15.0 Å². The standard InChI is InChI=1S/C67H113NO3/c1-3-5-7-9-11-13-15-17-19-21-23-24-25-26-27-28-29-30-31-32-33-34-35-36-37-38-39-40-41-42-43-44-45-47-49-51-53-55-57-59-61-63-67(71)68-65(64-69)66(70)62-60-58-56-54-52-50-48-46-22-20-18-16-14-12-10-8-6-4-2/h5,7,11,13,17,19,23-24,26-27,29-30,32-33,35-36,38-39,52,54,60,62,65-66,69-70H,3-4,6,8-10,12,14-16,18,20-22,25,28,31,34,37,40-51,53,55-59,61,63-64H2,1-2H3,(H,68,71)/b7-5-,13-11-,19-17-,24-23-,27-26-,30-29-,33-32-,36-35-,39-38-,54-52+,62-60+. The fraction of sp³-hybridized carbons (Fsp3) is 0.657. The molecule has 0 aliphatic carbocycles. The minimum atomic E-state index is -0.870. The summed E-state index contributed by atoms with van der Waals surface area (Å²) in [5.74, 6) is -0.0788. The summed E-state index contributed by atoms with van der Waals surface area (Å²) in [5, 5.41) is 23.1. The van der Waals surface area contributed by atoms with E-state index in [0.717, 1.165) is 89.9 Å². The van der Waals surface area contributed by atoms with E-state index in [1.165, 1.54) is 154 Å². The molecule has 0 heterocycles. The van der Waals surface area contributed by atoms with E-state index in [2.05, 4.69) is 141 Å². The normalized spacial score (nSPS) is 13.8. The van der Waals surface area contributed by atoms with Gasteiger partial charge in [0.2, 0.25) is 5.91 Å². The number of aliphatic hydroxyl groups is 2. The van der Waals surface area contributed by atoms with Gasteiger partial charge < -0.3 is 15.5 Å². The van der Waals surface area contributed by atoms with Crippen LogP contribution in [0.15, 0.2) is 134 Å². The number of amides is 1. The maximum absolute atomic E-state index is 12.5. The lowest BCUT2D eigenvalue weighted by atomic mass is 10.0. The van der Waals surface area contributed by atoms with Crippen molar-refractivity contribution in [2.75, 3.05) is 6.61 Å². The first-order valence-electron chi connectivity index (χ1n) is 29.9. The van der Waals surface area contributed by atoms with E-state index in [-0.39, 0.29) is 12.5 Å². The van der Waals surface area contributed by atoms with E-state index in [0.29, 0.717) is 6.42 Å². The van der Waals surface area contributed by atoms with Gasteiger partial charge in [0.1, 0.15) is 0 Å². The first-order valence-corrected chi connectivity index (χ1v) is 29.9. The van der Waals surface area contributed by atoms with Gasteiger partial charge in [-0.05, 0) is 103 Å². The zero-order valence-corrected chi connectivity index (χ0v) is 46.4. The van der Waals surface area contributed by atoms with Crippen LogP contribution >= 0.6 is 0 Å². The second kappa shape index (κ2) is 60.8. The van der Waals surface area contributed by atoms with Crippen LogP contribution in [0.2, 0.25) is 0 Å². The fourth-order valence-corrected chi connectivity index (χ4v) is 8.36. The van der Waals surface area contributed by atoms with Crippen LogP contribution in [0.3, 0.4) is 0 Å². The number of aliphatic hydroxyl groups excluding tert-OH is 2. The van der Waals surface area contributed by atoms with E-state index in [1.54, 1.807) is 6.08 Å². The molecule has 0 rings (SSSR count). The highest BCUT2D eigenvalue weighted by Crippen LogP contribution is 2.15. The number of unbranched alkanes of at least 4 members (excludes halogenated alkanes) is 26. The zero-order valence-electron chi connectivity index (χ0n) is 46.4. The molecular formula is C67H113NO3. The Bertz CT molecular complexity index is 1440. The highest BCUT2D eigenvalue weighted by atomic mass is 16.3. The molecule has 0 aliphatic heterocycles. The van der Waals surface area contributed by atoms with Gasteiger partial charge in [-0.2, -0.15) is 0 Å². The van der Waals surface area contributed by atoms with Crippen LogP contribution in [0, 0.1) is 0 Å². The van der Waals surface area contributed by atoms with Gasteiger partial charge in [-0.1, -0.05) is 289 Å². The highest BCUT2D eigenvalue weighted by Gasteiger charge is 2.18. The second-order valence-corrected chi connectivity index (χ2v) is 19.7. The van der Waals surface area contributed by atoms with Crippen molar-refractivity contribution in [1.29, 1.82) is 0 Å². The molecule has 1 amide bonds. The number of carbonyl (C=O) groups excluding carboxylic acids is 1. The summed E-state index contributed by atoms with van der Waals surface area (Å²) in [6, 6.07) is -0.648. The smallest absolute Gasteiger partial charge is 0.220 e. The minimum Gasteiger partial charge on any atom is -0.394 e. The molecule has 4 heteroatoms. The van der Waals surface area contributed by atoms with E-state index < -0.39 is 12.1 Å².